The quantitative estimate of drug-likeness (QED) is 0.753. The second-order valence-electron chi connectivity index (χ2n) is 5.64. The molecule has 0 amide bonds. The molecule has 0 fully saturated rings. The first-order valence-corrected chi connectivity index (χ1v) is 7.50. The van der Waals surface area contributed by atoms with E-state index in [-0.39, 0.29) is 18.4 Å². The maximum atomic E-state index is 11.1. The summed E-state index contributed by atoms with van der Waals surface area (Å²) in [7, 11) is 0. The zero-order valence-electron chi connectivity index (χ0n) is 12.9. The minimum atomic E-state index is -0.813. The van der Waals surface area contributed by atoms with Gasteiger partial charge in [-0.05, 0) is 29.2 Å². The molecule has 1 heterocycles. The van der Waals surface area contributed by atoms with Gasteiger partial charge < -0.3 is 5.11 Å². The third-order valence-corrected chi connectivity index (χ3v) is 3.75. The van der Waals surface area contributed by atoms with E-state index in [1.807, 2.05) is 13.8 Å². The van der Waals surface area contributed by atoms with Crippen LogP contribution < -0.4 is 0 Å². The molecule has 0 aromatic carbocycles. The molecule has 6 nitrogen and oxygen atoms in total. The van der Waals surface area contributed by atoms with Crippen LogP contribution in [0.5, 0.6) is 0 Å². The van der Waals surface area contributed by atoms with E-state index in [0.717, 1.165) is 31.5 Å². The molecule has 0 radical (unpaired) electrons. The van der Waals surface area contributed by atoms with Crippen molar-refractivity contribution in [3.63, 3.8) is 0 Å². The van der Waals surface area contributed by atoms with Crippen LogP contribution in [0.1, 0.15) is 77.6 Å². The number of carbonyl (C=O) groups is 1. The maximum absolute atomic E-state index is 11.1. The summed E-state index contributed by atoms with van der Waals surface area (Å²) in [4.78, 5) is 11.1. The molecule has 0 aliphatic carbocycles. The monoisotopic (exact) mass is 282 g/mol. The highest BCUT2D eigenvalue weighted by Gasteiger charge is 2.26. The van der Waals surface area contributed by atoms with Gasteiger partial charge in [-0.25, -0.2) is 4.68 Å². The van der Waals surface area contributed by atoms with Crippen LogP contribution in [0.25, 0.3) is 0 Å². The van der Waals surface area contributed by atoms with Crippen LogP contribution in [0.4, 0.5) is 0 Å². The van der Waals surface area contributed by atoms with E-state index >= 15 is 0 Å². The largest absolute Gasteiger partial charge is 0.481 e. The van der Waals surface area contributed by atoms with Crippen LogP contribution >= 0.6 is 0 Å². The lowest BCUT2D eigenvalue weighted by Crippen LogP contribution is -2.23. The van der Waals surface area contributed by atoms with Crippen LogP contribution in [0.3, 0.4) is 0 Å². The molecule has 0 aliphatic rings. The molecule has 2 atom stereocenters. The number of aliphatic carboxylic acids is 1. The molecule has 20 heavy (non-hydrogen) atoms. The van der Waals surface area contributed by atoms with Gasteiger partial charge in [-0.15, -0.1) is 5.10 Å². The standard InChI is InChI=1S/C14H26N4O2/c1-5-7-8-11(6-2)14-15-16-17-18(14)12(10(3)4)9-13(19)20/h10-12H,5-9H2,1-4H3,(H,19,20). The van der Waals surface area contributed by atoms with Crippen molar-refractivity contribution in [2.45, 2.75) is 71.8 Å². The molecule has 0 saturated heterocycles. The normalized spacial score (nSPS) is 14.4. The predicted molar refractivity (Wildman–Crippen MR) is 76.5 cm³/mol. The van der Waals surface area contributed by atoms with Gasteiger partial charge in [0.2, 0.25) is 0 Å². The average Bonchev–Trinajstić information content (AvgIpc) is 2.85. The Balaban J connectivity index is 2.99. The lowest BCUT2D eigenvalue weighted by molar-refractivity contribution is -0.138. The fourth-order valence-electron chi connectivity index (χ4n) is 2.46. The Morgan fingerprint density at radius 2 is 2.05 bits per heavy atom. The number of nitrogens with zero attached hydrogens (tertiary/aromatic N) is 4. The molecule has 0 bridgehead atoms. The summed E-state index contributed by atoms with van der Waals surface area (Å²) in [5.74, 6) is 0.504. The summed E-state index contributed by atoms with van der Waals surface area (Å²) < 4.78 is 1.74. The maximum Gasteiger partial charge on any atom is 0.305 e. The van der Waals surface area contributed by atoms with Crippen molar-refractivity contribution >= 4 is 5.97 Å². The lowest BCUT2D eigenvalue weighted by atomic mass is 9.96. The van der Waals surface area contributed by atoms with E-state index in [2.05, 4.69) is 29.4 Å². The third-order valence-electron chi connectivity index (χ3n) is 3.75. The van der Waals surface area contributed by atoms with Gasteiger partial charge in [0, 0.05) is 5.92 Å². The molecule has 1 aromatic rings. The van der Waals surface area contributed by atoms with E-state index in [0.29, 0.717) is 5.92 Å². The highest BCUT2D eigenvalue weighted by Crippen LogP contribution is 2.28. The molecule has 114 valence electrons. The zero-order chi connectivity index (χ0) is 15.1. The molecule has 1 N–H and O–H groups in total. The van der Waals surface area contributed by atoms with E-state index in [1.54, 1.807) is 4.68 Å². The summed E-state index contributed by atoms with van der Waals surface area (Å²) in [5.41, 5.74) is 0. The second-order valence-corrected chi connectivity index (χ2v) is 5.64. The Bertz CT molecular complexity index is 417. The summed E-state index contributed by atoms with van der Waals surface area (Å²) in [6, 6.07) is -0.187. The number of unbranched alkanes of at least 4 members (excludes halogenated alkanes) is 1. The van der Waals surface area contributed by atoms with Gasteiger partial charge in [-0.3, -0.25) is 4.79 Å². The van der Waals surface area contributed by atoms with E-state index in [4.69, 9.17) is 5.11 Å². The van der Waals surface area contributed by atoms with E-state index < -0.39 is 5.97 Å². The van der Waals surface area contributed by atoms with Crippen molar-refractivity contribution in [1.82, 2.24) is 20.2 Å². The van der Waals surface area contributed by atoms with Gasteiger partial charge in [-0.2, -0.15) is 0 Å². The molecule has 6 heteroatoms. The number of rotatable bonds is 9. The Morgan fingerprint density at radius 3 is 2.55 bits per heavy atom. The van der Waals surface area contributed by atoms with Gasteiger partial charge in [0.15, 0.2) is 5.82 Å². The van der Waals surface area contributed by atoms with Crippen LogP contribution in [-0.2, 0) is 4.79 Å². The van der Waals surface area contributed by atoms with Crippen molar-refractivity contribution < 1.29 is 9.90 Å². The number of hydrogen-bond acceptors (Lipinski definition) is 4. The van der Waals surface area contributed by atoms with E-state index in [1.165, 1.54) is 0 Å². The van der Waals surface area contributed by atoms with Crippen LogP contribution in [0.2, 0.25) is 0 Å². The number of hydrogen-bond donors (Lipinski definition) is 1. The topological polar surface area (TPSA) is 80.9 Å². The SMILES string of the molecule is CCCCC(CC)c1nnnn1C(CC(=O)O)C(C)C. The van der Waals surface area contributed by atoms with Crippen molar-refractivity contribution in [3.05, 3.63) is 5.82 Å². The second kappa shape index (κ2) is 7.97. The molecular formula is C14H26N4O2. The van der Waals surface area contributed by atoms with Crippen LogP contribution in [0.15, 0.2) is 0 Å². The fraction of sp³-hybridized carbons (Fsp3) is 0.857. The first kappa shape index (κ1) is 16.6. The Hall–Kier alpha value is -1.46. The van der Waals surface area contributed by atoms with Gasteiger partial charge in [0.25, 0.3) is 0 Å². The molecule has 0 saturated carbocycles. The van der Waals surface area contributed by atoms with Crippen molar-refractivity contribution in [2.24, 2.45) is 5.92 Å². The zero-order valence-corrected chi connectivity index (χ0v) is 12.9. The Labute approximate surface area is 120 Å². The molecule has 1 rings (SSSR count). The Kier molecular flexibility index (Phi) is 6.61. The predicted octanol–water partition coefficient (Wildman–Crippen LogP) is 3.03. The average molecular weight is 282 g/mol. The summed E-state index contributed by atoms with van der Waals surface area (Å²) >= 11 is 0. The van der Waals surface area contributed by atoms with Crippen molar-refractivity contribution in [1.29, 1.82) is 0 Å². The Morgan fingerprint density at radius 1 is 1.35 bits per heavy atom. The van der Waals surface area contributed by atoms with Crippen molar-refractivity contribution in [3.8, 4) is 0 Å². The van der Waals surface area contributed by atoms with Crippen LogP contribution in [-0.4, -0.2) is 31.3 Å². The summed E-state index contributed by atoms with van der Waals surface area (Å²) in [6.45, 7) is 8.30. The number of tetrazole rings is 1. The van der Waals surface area contributed by atoms with Gasteiger partial charge in [0.1, 0.15) is 0 Å². The summed E-state index contributed by atoms with van der Waals surface area (Å²) in [5, 5.41) is 21.1. The molecule has 0 spiro atoms. The molecular weight excluding hydrogens is 256 g/mol. The fourth-order valence-corrected chi connectivity index (χ4v) is 2.46. The first-order chi connectivity index (χ1) is 9.51. The highest BCUT2D eigenvalue weighted by molar-refractivity contribution is 5.67. The first-order valence-electron chi connectivity index (χ1n) is 7.50. The highest BCUT2D eigenvalue weighted by atomic mass is 16.4. The van der Waals surface area contributed by atoms with E-state index in [9.17, 15) is 4.79 Å². The summed E-state index contributed by atoms with van der Waals surface area (Å²) in [6.07, 6.45) is 4.35. The minimum Gasteiger partial charge on any atom is -0.481 e. The number of carboxylic acids is 1. The molecule has 2 unspecified atom stereocenters. The van der Waals surface area contributed by atoms with Crippen molar-refractivity contribution in [2.75, 3.05) is 0 Å². The lowest BCUT2D eigenvalue weighted by Gasteiger charge is -2.23. The third kappa shape index (κ3) is 4.28. The van der Waals surface area contributed by atoms with Gasteiger partial charge >= 0.3 is 5.97 Å². The smallest absolute Gasteiger partial charge is 0.305 e. The van der Waals surface area contributed by atoms with Crippen LogP contribution in [0, 0.1) is 5.92 Å². The molecule has 1 aromatic heterocycles. The minimum absolute atomic E-state index is 0.0555. The molecule has 0 aliphatic heterocycles. The number of aromatic nitrogens is 4. The van der Waals surface area contributed by atoms with Gasteiger partial charge in [0.05, 0.1) is 12.5 Å². The number of carboxylic acid groups (broad SMARTS) is 1. The van der Waals surface area contributed by atoms with Gasteiger partial charge in [-0.1, -0.05) is 40.5 Å².